The lowest BCUT2D eigenvalue weighted by Crippen LogP contribution is -2.60. The summed E-state index contributed by atoms with van der Waals surface area (Å²) in [4.78, 5) is 37.6. The summed E-state index contributed by atoms with van der Waals surface area (Å²) in [7, 11) is 2.86. The van der Waals surface area contributed by atoms with E-state index in [1.807, 2.05) is 0 Å². The number of aliphatic hydroxyl groups excluding tert-OH is 9. The van der Waals surface area contributed by atoms with Gasteiger partial charge in [-0.2, -0.15) is 5.06 Å². The van der Waals surface area contributed by atoms with Crippen LogP contribution >= 0.6 is 0 Å². The lowest BCUT2D eigenvalue weighted by Gasteiger charge is -2.48. The van der Waals surface area contributed by atoms with Crippen molar-refractivity contribution in [3.8, 4) is 0 Å². The van der Waals surface area contributed by atoms with Crippen LogP contribution in [0.5, 0.6) is 0 Å². The SMILES string of the molecule is CC[C@H]1OC(=O)C[C@@H](OC2C[C@@](C)(OC)[C@@H](O)[C@H](C)O2)[C@H](C)[C@@H](OC2O[C@H](C)C[C@H](N(C)O)C2O)[C@](C)(O)C[C@@H](C)C(=O)[C@H](C)[C@@H](O)[C@]1(C)O.O=C(O)C(O)C(O)C(O)C(O)C(O)CO. The Bertz CT molecular complexity index is 1500. The molecule has 0 saturated carbocycles. The number of methoxy groups -OCH3 is 1. The zero-order valence-corrected chi connectivity index (χ0v) is 39.1. The van der Waals surface area contributed by atoms with Gasteiger partial charge in [-0.1, -0.05) is 27.7 Å². The van der Waals surface area contributed by atoms with Crippen molar-refractivity contribution >= 4 is 17.7 Å². The van der Waals surface area contributed by atoms with E-state index < -0.39 is 163 Å². The summed E-state index contributed by atoms with van der Waals surface area (Å²) in [5, 5.41) is 130. The summed E-state index contributed by atoms with van der Waals surface area (Å²) in [5.41, 5.74) is -4.91. The Balaban J connectivity index is 0.000000824. The molecule has 382 valence electrons. The van der Waals surface area contributed by atoms with Crippen LogP contribution in [0.2, 0.25) is 0 Å². The molecule has 3 saturated heterocycles. The van der Waals surface area contributed by atoms with Gasteiger partial charge in [-0.25, -0.2) is 4.79 Å². The van der Waals surface area contributed by atoms with E-state index in [1.54, 1.807) is 41.5 Å². The van der Waals surface area contributed by atoms with Crippen LogP contribution in [0.4, 0.5) is 0 Å². The van der Waals surface area contributed by atoms with Gasteiger partial charge in [0.1, 0.15) is 54.1 Å². The minimum absolute atomic E-state index is 0.0730. The predicted molar refractivity (Wildman–Crippen MR) is 222 cm³/mol. The average Bonchev–Trinajstić information content (AvgIpc) is 3.24. The number of likely N-dealkylation sites (N-methyl/N-ethyl adjacent to an activating group) is 1. The maximum atomic E-state index is 13.7. The molecule has 0 aromatic carbocycles. The van der Waals surface area contributed by atoms with Crippen LogP contribution in [0.25, 0.3) is 0 Å². The topological polar surface area (TPSA) is 373 Å². The lowest BCUT2D eigenvalue weighted by molar-refractivity contribution is -0.322. The third-order valence-electron chi connectivity index (χ3n) is 13.1. The number of ether oxygens (including phenoxy) is 6. The molecule has 3 aliphatic heterocycles. The van der Waals surface area contributed by atoms with Crippen molar-refractivity contribution in [3.63, 3.8) is 0 Å². The van der Waals surface area contributed by atoms with E-state index in [0.29, 0.717) is 0 Å². The van der Waals surface area contributed by atoms with E-state index in [0.717, 1.165) is 5.06 Å². The molecule has 65 heavy (non-hydrogen) atoms. The number of aliphatic carboxylic acids is 1. The third kappa shape index (κ3) is 14.7. The molecular weight excluding hydrogens is 870 g/mol. The van der Waals surface area contributed by atoms with Gasteiger partial charge in [-0.3, -0.25) is 9.59 Å². The minimum atomic E-state index is -2.29. The molecular formula is C42H77NO22. The highest BCUT2D eigenvalue weighted by Gasteiger charge is 2.52. The molecule has 23 nitrogen and oxygen atoms in total. The summed E-state index contributed by atoms with van der Waals surface area (Å²) in [5.74, 6) is -5.86. The molecule has 8 unspecified atom stereocenters. The van der Waals surface area contributed by atoms with Gasteiger partial charge in [-0.05, 0) is 53.9 Å². The fraction of sp³-hybridized carbons (Fsp3) is 0.929. The van der Waals surface area contributed by atoms with Crippen LogP contribution in [0, 0.1) is 17.8 Å². The van der Waals surface area contributed by atoms with Crippen molar-refractivity contribution in [2.24, 2.45) is 17.8 Å². The van der Waals surface area contributed by atoms with Gasteiger partial charge in [-0.15, -0.1) is 0 Å². The monoisotopic (exact) mass is 947 g/mol. The number of carboxylic acids is 1. The Labute approximate surface area is 379 Å². The van der Waals surface area contributed by atoms with Gasteiger partial charge in [0.25, 0.3) is 0 Å². The molecule has 0 spiro atoms. The molecule has 3 rings (SSSR count). The van der Waals surface area contributed by atoms with Gasteiger partial charge in [0.2, 0.25) is 0 Å². The van der Waals surface area contributed by atoms with Crippen LogP contribution in [0.3, 0.4) is 0 Å². The largest absolute Gasteiger partial charge is 0.479 e. The number of carboxylic acid groups (broad SMARTS) is 1. The van der Waals surface area contributed by atoms with Crippen molar-refractivity contribution < 1.29 is 109 Å². The molecule has 3 fully saturated rings. The molecule has 23 heteroatoms. The summed E-state index contributed by atoms with van der Waals surface area (Å²) in [6, 6.07) is -0.763. The number of hydrogen-bond acceptors (Lipinski definition) is 22. The van der Waals surface area contributed by atoms with E-state index in [2.05, 4.69) is 0 Å². The second-order valence-corrected chi connectivity index (χ2v) is 18.6. The Morgan fingerprint density at radius 3 is 1.98 bits per heavy atom. The van der Waals surface area contributed by atoms with Gasteiger partial charge in [0, 0.05) is 38.3 Å². The number of ketones is 1. The van der Waals surface area contributed by atoms with Crippen molar-refractivity contribution in [1.82, 2.24) is 5.06 Å². The number of carbonyl (C=O) groups is 3. The van der Waals surface area contributed by atoms with Crippen LogP contribution < -0.4 is 0 Å². The second-order valence-electron chi connectivity index (χ2n) is 18.6. The number of rotatable bonds is 13. The lowest BCUT2D eigenvalue weighted by atomic mass is 9.74. The molecule has 0 amide bonds. The zero-order chi connectivity index (χ0) is 50.3. The first kappa shape index (κ1) is 59.0. The minimum Gasteiger partial charge on any atom is -0.479 e. The van der Waals surface area contributed by atoms with E-state index in [9.17, 15) is 45.1 Å². The van der Waals surface area contributed by atoms with Gasteiger partial charge >= 0.3 is 11.9 Å². The molecule has 0 aliphatic carbocycles. The van der Waals surface area contributed by atoms with Crippen LogP contribution in [-0.2, 0) is 42.8 Å². The first-order chi connectivity index (χ1) is 29.8. The molecule has 22 atom stereocenters. The Hall–Kier alpha value is -2.11. The molecule has 0 radical (unpaired) electrons. The average molecular weight is 948 g/mol. The Morgan fingerprint density at radius 1 is 0.892 bits per heavy atom. The van der Waals surface area contributed by atoms with E-state index in [4.69, 9.17) is 64.2 Å². The summed E-state index contributed by atoms with van der Waals surface area (Å²) < 4.78 is 36.3. The van der Waals surface area contributed by atoms with Gasteiger partial charge in [0.15, 0.2) is 18.7 Å². The number of Topliss-reactive ketones (excluding diaryl/α,β-unsaturated/α-hetero) is 1. The van der Waals surface area contributed by atoms with Crippen LogP contribution in [-0.4, -0.2) is 225 Å². The maximum Gasteiger partial charge on any atom is 0.335 e. The Kier molecular flexibility index (Phi) is 22.2. The molecule has 13 N–H and O–H groups in total. The number of hydrogen-bond donors (Lipinski definition) is 13. The normalized spacial score (nSPS) is 42.6. The highest BCUT2D eigenvalue weighted by atomic mass is 16.7. The third-order valence-corrected chi connectivity index (χ3v) is 13.1. The summed E-state index contributed by atoms with van der Waals surface area (Å²) in [6.45, 7) is 13.5. The summed E-state index contributed by atoms with van der Waals surface area (Å²) >= 11 is 0. The zero-order valence-electron chi connectivity index (χ0n) is 39.1. The van der Waals surface area contributed by atoms with Gasteiger partial charge < -0.3 is 94.9 Å². The van der Waals surface area contributed by atoms with E-state index in [1.165, 1.54) is 34.9 Å². The molecule has 3 aliphatic rings. The first-order valence-corrected chi connectivity index (χ1v) is 21.9. The van der Waals surface area contributed by atoms with E-state index in [-0.39, 0.29) is 25.7 Å². The van der Waals surface area contributed by atoms with Gasteiger partial charge in [0.05, 0.1) is 60.8 Å². The van der Waals surface area contributed by atoms with Crippen LogP contribution in [0.15, 0.2) is 0 Å². The number of esters is 1. The number of aliphatic hydroxyl groups is 11. The van der Waals surface area contributed by atoms with Crippen molar-refractivity contribution in [2.45, 2.75) is 209 Å². The molecule has 0 bridgehead atoms. The van der Waals surface area contributed by atoms with Crippen molar-refractivity contribution in [3.05, 3.63) is 0 Å². The smallest absolute Gasteiger partial charge is 0.335 e. The predicted octanol–water partition coefficient (Wildman–Crippen LogP) is -2.83. The van der Waals surface area contributed by atoms with E-state index >= 15 is 0 Å². The van der Waals surface area contributed by atoms with Crippen molar-refractivity contribution in [2.75, 3.05) is 20.8 Å². The molecule has 0 aromatic heterocycles. The van der Waals surface area contributed by atoms with Crippen molar-refractivity contribution in [1.29, 1.82) is 0 Å². The summed E-state index contributed by atoms with van der Waals surface area (Å²) in [6.07, 6.45) is -21.4. The quantitative estimate of drug-likeness (QED) is 0.0653. The number of hydroxylamine groups is 2. The second kappa shape index (κ2) is 24.4. The first-order valence-electron chi connectivity index (χ1n) is 21.9. The standard InChI is InChI=1S/C35H63NO14.C7H14O8/c1-12-24-35(9,43)29(40)20(5)27(38)17(2)15-33(7,42)31(50-32-28(39)22(36(10)44)13-18(3)46-32)19(4)23(14-25(37)49-24)48-26-16-34(8,45-11)30(41)21(6)47-26;8-1-2(9)3(10)4(11)5(12)6(13)7(14)15/h17-24,26,28-32,39-44H,12-16H2,1-11H3;2-6,8-13H,1H2,(H,14,15)/t17-,18-,19+,20+,21+,22+,23-,24-,26?,28?,29-,30+,31-,32?,33-,34-,35-;/m1./s1. The van der Waals surface area contributed by atoms with Crippen LogP contribution in [0.1, 0.15) is 94.4 Å². The highest BCUT2D eigenvalue weighted by molar-refractivity contribution is 5.83. The molecule has 3 heterocycles. The highest BCUT2D eigenvalue weighted by Crippen LogP contribution is 2.40. The molecule has 0 aromatic rings. The number of nitrogens with zero attached hydrogens (tertiary/aromatic N) is 1. The fourth-order valence-electron chi connectivity index (χ4n) is 8.83. The number of cyclic esters (lactones) is 1. The fourth-order valence-corrected chi connectivity index (χ4v) is 8.83. The maximum absolute atomic E-state index is 13.7. The Morgan fingerprint density at radius 2 is 1.48 bits per heavy atom. The number of carbonyl (C=O) groups excluding carboxylic acids is 2.